The van der Waals surface area contributed by atoms with Gasteiger partial charge in [0, 0.05) is 29.8 Å². The summed E-state index contributed by atoms with van der Waals surface area (Å²) in [7, 11) is 0. The van der Waals surface area contributed by atoms with Gasteiger partial charge >= 0.3 is 0 Å². The standard InChI is InChI=1S/C34H37N9O5S/c1-20(2)28-33(47)36-21(3)30-40-29(23-7-5-4-6-8-23)41-43(30)19-27(44)35-13-15-48-24-11-9-22(10-12-24)17-25(31(45)39-28)37-32(46)26-18-42-14-16-49-34(42)38-26/h4-12,14,16,18,20-21,25,28H,13,15,17,19H2,1-3H3,(H,35,44)(H,36,47)(H,37,46)(H,39,45)/t21-,25-,28+/m0/s1. The lowest BCUT2D eigenvalue weighted by molar-refractivity contribution is -0.131. The first-order valence-corrected chi connectivity index (χ1v) is 16.8. The Morgan fingerprint density at radius 2 is 1.80 bits per heavy atom. The Kier molecular flexibility index (Phi) is 9.99. The summed E-state index contributed by atoms with van der Waals surface area (Å²) in [6.45, 7) is 5.71. The van der Waals surface area contributed by atoms with Crippen LogP contribution in [0.5, 0.6) is 5.75 Å². The quantitative estimate of drug-likeness (QED) is 0.224. The molecule has 5 heterocycles. The SMILES string of the molecule is CC(C)[C@H]1NC(=O)[C@@H](NC(=O)c2cn3ccsc3n2)Cc2ccc(cc2)OCCNC(=O)Cn2nc(-c3ccccc3)nc2[C@H](C)NC1=O. The molecule has 2 aliphatic rings. The molecule has 49 heavy (non-hydrogen) atoms. The van der Waals surface area contributed by atoms with E-state index in [4.69, 9.17) is 9.72 Å². The second-order valence-electron chi connectivity index (χ2n) is 12.1. The molecule has 0 spiro atoms. The van der Waals surface area contributed by atoms with E-state index in [0.29, 0.717) is 22.4 Å². The number of carbonyl (C=O) groups is 4. The van der Waals surface area contributed by atoms with Crippen LogP contribution in [0.2, 0.25) is 0 Å². The summed E-state index contributed by atoms with van der Waals surface area (Å²) < 4.78 is 9.03. The summed E-state index contributed by atoms with van der Waals surface area (Å²) in [5, 5.41) is 18.0. The van der Waals surface area contributed by atoms with Gasteiger partial charge in [-0.1, -0.05) is 56.3 Å². The Hall–Kier alpha value is -5.57. The van der Waals surface area contributed by atoms with Crippen LogP contribution in [0.1, 0.15) is 48.7 Å². The van der Waals surface area contributed by atoms with Crippen LogP contribution >= 0.6 is 11.3 Å². The first kappa shape index (κ1) is 33.3. The van der Waals surface area contributed by atoms with E-state index in [0.717, 1.165) is 11.1 Å². The van der Waals surface area contributed by atoms with Gasteiger partial charge in [-0.05, 0) is 30.5 Å². The number of fused-ring (bicyclic) bond motifs is 15. The highest BCUT2D eigenvalue weighted by Gasteiger charge is 2.31. The van der Waals surface area contributed by atoms with Crippen molar-refractivity contribution in [2.24, 2.45) is 5.92 Å². The molecule has 15 heteroatoms. The number of aromatic nitrogens is 5. The van der Waals surface area contributed by atoms with Crippen LogP contribution in [0.15, 0.2) is 72.4 Å². The molecule has 0 fully saturated rings. The van der Waals surface area contributed by atoms with E-state index in [1.165, 1.54) is 16.0 Å². The minimum atomic E-state index is -1.03. The van der Waals surface area contributed by atoms with Crippen molar-refractivity contribution in [3.8, 4) is 17.1 Å². The number of carbonyl (C=O) groups excluding carboxylic acids is 4. The van der Waals surface area contributed by atoms with Gasteiger partial charge < -0.3 is 26.0 Å². The molecule has 5 aromatic rings. The van der Waals surface area contributed by atoms with Crippen LogP contribution in [0.25, 0.3) is 16.3 Å². The van der Waals surface area contributed by atoms with Crippen molar-refractivity contribution in [2.75, 3.05) is 13.2 Å². The van der Waals surface area contributed by atoms with Crippen LogP contribution in [0.4, 0.5) is 0 Å². The minimum Gasteiger partial charge on any atom is -0.492 e. The van der Waals surface area contributed by atoms with Gasteiger partial charge in [-0.25, -0.2) is 14.6 Å². The van der Waals surface area contributed by atoms with Gasteiger partial charge in [0.1, 0.15) is 42.5 Å². The maximum atomic E-state index is 13.9. The number of hydrogen-bond donors (Lipinski definition) is 4. The lowest BCUT2D eigenvalue weighted by Crippen LogP contribution is -2.56. The predicted molar refractivity (Wildman–Crippen MR) is 182 cm³/mol. The summed E-state index contributed by atoms with van der Waals surface area (Å²) >= 11 is 1.39. The molecular weight excluding hydrogens is 646 g/mol. The normalized spacial score (nSPS) is 19.4. The molecule has 4 amide bonds. The van der Waals surface area contributed by atoms with Gasteiger partial charge in [0.25, 0.3) is 5.91 Å². The molecule has 0 saturated carbocycles. The number of thiazole rings is 1. The summed E-state index contributed by atoms with van der Waals surface area (Å²) in [5.74, 6) is -0.764. The molecule has 0 saturated heterocycles. The molecule has 0 aliphatic carbocycles. The highest BCUT2D eigenvalue weighted by atomic mass is 32.1. The van der Waals surface area contributed by atoms with E-state index < -0.39 is 35.8 Å². The summed E-state index contributed by atoms with van der Waals surface area (Å²) in [4.78, 5) is 63.7. The highest BCUT2D eigenvalue weighted by molar-refractivity contribution is 7.15. The van der Waals surface area contributed by atoms with Crippen LogP contribution in [-0.2, 0) is 27.3 Å². The van der Waals surface area contributed by atoms with Crippen molar-refractivity contribution in [3.63, 3.8) is 0 Å². The van der Waals surface area contributed by atoms with Crippen LogP contribution in [0, 0.1) is 5.92 Å². The van der Waals surface area contributed by atoms with E-state index >= 15 is 0 Å². The monoisotopic (exact) mass is 683 g/mol. The van der Waals surface area contributed by atoms with Gasteiger partial charge in [-0.15, -0.1) is 11.3 Å². The van der Waals surface area contributed by atoms with E-state index in [1.807, 2.05) is 49.6 Å². The Morgan fingerprint density at radius 3 is 2.53 bits per heavy atom. The first-order chi connectivity index (χ1) is 23.6. The van der Waals surface area contributed by atoms with Crippen molar-refractivity contribution < 1.29 is 23.9 Å². The van der Waals surface area contributed by atoms with Crippen molar-refractivity contribution in [1.82, 2.24) is 45.4 Å². The number of nitrogens with one attached hydrogen (secondary N) is 4. The average Bonchev–Trinajstić information content (AvgIpc) is 3.82. The topological polar surface area (TPSA) is 174 Å². The number of hydrogen-bond acceptors (Lipinski definition) is 9. The molecule has 7 rings (SSSR count). The molecule has 4 N–H and O–H groups in total. The zero-order valence-corrected chi connectivity index (χ0v) is 28.1. The molecule has 0 unspecified atom stereocenters. The number of nitrogens with zero attached hydrogens (tertiary/aromatic N) is 5. The summed E-state index contributed by atoms with van der Waals surface area (Å²) in [6, 6.07) is 13.8. The second-order valence-corrected chi connectivity index (χ2v) is 12.9. The van der Waals surface area contributed by atoms with Gasteiger partial charge in [0.2, 0.25) is 17.7 Å². The molecule has 14 nitrogen and oxygen atoms in total. The van der Waals surface area contributed by atoms with Crippen LogP contribution < -0.4 is 26.0 Å². The molecule has 0 radical (unpaired) electrons. The van der Waals surface area contributed by atoms with E-state index in [9.17, 15) is 19.2 Å². The first-order valence-electron chi connectivity index (χ1n) is 16.0. The second kappa shape index (κ2) is 14.7. The lowest BCUT2D eigenvalue weighted by Gasteiger charge is -2.26. The third-order valence-electron chi connectivity index (χ3n) is 8.02. The molecule has 3 atom stereocenters. The maximum Gasteiger partial charge on any atom is 0.272 e. The van der Waals surface area contributed by atoms with Crippen molar-refractivity contribution >= 4 is 39.9 Å². The number of imidazole rings is 1. The summed E-state index contributed by atoms with van der Waals surface area (Å²) in [5.41, 5.74) is 1.68. The average molecular weight is 684 g/mol. The Balaban J connectivity index is 1.29. The van der Waals surface area contributed by atoms with Gasteiger partial charge in [-0.3, -0.25) is 23.6 Å². The van der Waals surface area contributed by atoms with Gasteiger partial charge in [0.05, 0.1) is 12.6 Å². The molecule has 254 valence electrons. The Labute approximate surface area is 286 Å². The smallest absolute Gasteiger partial charge is 0.272 e. The third-order valence-corrected chi connectivity index (χ3v) is 8.79. The lowest BCUT2D eigenvalue weighted by atomic mass is 10.0. The number of benzene rings is 2. The third kappa shape index (κ3) is 7.95. The zero-order chi connectivity index (χ0) is 34.5. The van der Waals surface area contributed by atoms with Gasteiger partial charge in [-0.2, -0.15) is 5.10 Å². The molecular formula is C34H37N9O5S. The minimum absolute atomic E-state index is 0.134. The zero-order valence-electron chi connectivity index (χ0n) is 27.3. The largest absolute Gasteiger partial charge is 0.492 e. The Bertz CT molecular complexity index is 1920. The van der Waals surface area contributed by atoms with Crippen LogP contribution in [0.3, 0.4) is 0 Å². The van der Waals surface area contributed by atoms with Gasteiger partial charge in [0.15, 0.2) is 10.8 Å². The van der Waals surface area contributed by atoms with E-state index in [2.05, 4.69) is 31.3 Å². The van der Waals surface area contributed by atoms with E-state index in [1.54, 1.807) is 48.0 Å². The number of amides is 4. The fraction of sp³-hybridized carbons (Fsp3) is 0.324. The van der Waals surface area contributed by atoms with Crippen molar-refractivity contribution in [1.29, 1.82) is 0 Å². The van der Waals surface area contributed by atoms with Crippen molar-refractivity contribution in [3.05, 3.63) is 89.5 Å². The number of rotatable bonds is 4. The molecule has 3 aromatic heterocycles. The maximum absolute atomic E-state index is 13.9. The highest BCUT2D eigenvalue weighted by Crippen LogP contribution is 2.20. The van der Waals surface area contributed by atoms with E-state index in [-0.39, 0.29) is 43.6 Å². The summed E-state index contributed by atoms with van der Waals surface area (Å²) in [6.07, 6.45) is 3.55. The van der Waals surface area contributed by atoms with Crippen LogP contribution in [-0.4, -0.2) is 73.0 Å². The van der Waals surface area contributed by atoms with Crippen molar-refractivity contribution in [2.45, 2.75) is 51.9 Å². The fourth-order valence-corrected chi connectivity index (χ4v) is 6.14. The molecule has 2 bridgehead atoms. The molecule has 2 aliphatic heterocycles. The fourth-order valence-electron chi connectivity index (χ4n) is 5.44. The number of ether oxygens (including phenoxy) is 1. The molecule has 2 aromatic carbocycles. The predicted octanol–water partition coefficient (Wildman–Crippen LogP) is 2.52. The Morgan fingerprint density at radius 1 is 1.02 bits per heavy atom.